The van der Waals surface area contributed by atoms with E-state index < -0.39 is 54.8 Å². The predicted molar refractivity (Wildman–Crippen MR) is 149 cm³/mol. The molecule has 1 heterocycles. The second-order valence-electron chi connectivity index (χ2n) is 10.8. The maximum Gasteiger partial charge on any atom is 0.416 e. The highest BCUT2D eigenvalue weighted by molar-refractivity contribution is 5.91. The van der Waals surface area contributed by atoms with E-state index in [0.717, 1.165) is 24.3 Å². The first kappa shape index (κ1) is 34.5. The molecular formula is C29H34F6N4O5. The molecule has 9 nitrogen and oxygen atoms in total. The lowest BCUT2D eigenvalue weighted by molar-refractivity contribution is -0.142. The normalized spacial score (nSPS) is 18.2. The number of aliphatic hydroxyl groups excluding tert-OH is 1. The Balaban J connectivity index is 1.82. The van der Waals surface area contributed by atoms with Crippen LogP contribution in [0.15, 0.2) is 42.5 Å². The van der Waals surface area contributed by atoms with Crippen LogP contribution in [0.2, 0.25) is 0 Å². The van der Waals surface area contributed by atoms with E-state index in [2.05, 4.69) is 10.6 Å². The summed E-state index contributed by atoms with van der Waals surface area (Å²) in [7, 11) is 1.46. The van der Waals surface area contributed by atoms with Gasteiger partial charge in [0, 0.05) is 42.9 Å². The Morgan fingerprint density at radius 2 is 1.70 bits per heavy atom. The molecule has 0 saturated heterocycles. The number of nitrogens with one attached hydrogen (secondary N) is 2. The van der Waals surface area contributed by atoms with Crippen molar-refractivity contribution in [3.63, 3.8) is 0 Å². The highest BCUT2D eigenvalue weighted by atomic mass is 19.4. The summed E-state index contributed by atoms with van der Waals surface area (Å²) in [5.41, 5.74) is -0.238. The molecule has 0 bridgehead atoms. The van der Waals surface area contributed by atoms with Gasteiger partial charge in [-0.15, -0.1) is 0 Å². The summed E-state index contributed by atoms with van der Waals surface area (Å²) in [5, 5.41) is 14.7. The third-order valence-electron chi connectivity index (χ3n) is 7.10. The average Bonchev–Trinajstić information content (AvgIpc) is 2.98. The molecule has 0 saturated carbocycles. The fraction of sp³-hybridized carbons (Fsp3) is 0.483. The van der Waals surface area contributed by atoms with Crippen molar-refractivity contribution in [3.8, 4) is 5.75 Å². The van der Waals surface area contributed by atoms with Crippen LogP contribution in [0, 0.1) is 5.92 Å². The number of carbonyl (C=O) groups is 3. The number of halogens is 6. The number of carbonyl (C=O) groups excluding carboxylic acids is 3. The molecule has 44 heavy (non-hydrogen) atoms. The van der Waals surface area contributed by atoms with Gasteiger partial charge in [-0.1, -0.05) is 6.92 Å². The van der Waals surface area contributed by atoms with Gasteiger partial charge in [-0.2, -0.15) is 26.3 Å². The zero-order valence-electron chi connectivity index (χ0n) is 24.3. The topological polar surface area (TPSA) is 111 Å². The maximum atomic E-state index is 13.3. The Morgan fingerprint density at radius 1 is 1.07 bits per heavy atom. The van der Waals surface area contributed by atoms with E-state index in [1.807, 2.05) is 0 Å². The van der Waals surface area contributed by atoms with E-state index in [0.29, 0.717) is 5.56 Å². The van der Waals surface area contributed by atoms with Crippen molar-refractivity contribution < 1.29 is 50.6 Å². The van der Waals surface area contributed by atoms with Gasteiger partial charge in [0.2, 0.25) is 11.8 Å². The van der Waals surface area contributed by atoms with Gasteiger partial charge in [-0.25, -0.2) is 4.79 Å². The molecule has 3 atom stereocenters. The van der Waals surface area contributed by atoms with Crippen LogP contribution in [0.25, 0.3) is 0 Å². The number of amides is 4. The Labute approximate surface area is 250 Å². The highest BCUT2D eigenvalue weighted by Gasteiger charge is 2.33. The predicted octanol–water partition coefficient (Wildman–Crippen LogP) is 5.30. The lowest BCUT2D eigenvalue weighted by Gasteiger charge is -2.34. The van der Waals surface area contributed by atoms with Crippen molar-refractivity contribution in [1.29, 1.82) is 0 Å². The van der Waals surface area contributed by atoms with Gasteiger partial charge in [0.25, 0.3) is 0 Å². The lowest BCUT2D eigenvalue weighted by atomic mass is 10.0. The fourth-order valence-corrected chi connectivity index (χ4v) is 4.52. The molecule has 0 radical (unpaired) electrons. The van der Waals surface area contributed by atoms with Crippen LogP contribution in [0.4, 0.5) is 42.5 Å². The van der Waals surface area contributed by atoms with Crippen molar-refractivity contribution in [1.82, 2.24) is 9.80 Å². The summed E-state index contributed by atoms with van der Waals surface area (Å²) in [6.45, 7) is 3.24. The van der Waals surface area contributed by atoms with Crippen molar-refractivity contribution in [2.24, 2.45) is 5.92 Å². The van der Waals surface area contributed by atoms with Gasteiger partial charge in [-0.3, -0.25) is 9.59 Å². The van der Waals surface area contributed by atoms with Crippen LogP contribution in [-0.4, -0.2) is 77.8 Å². The number of benzene rings is 2. The molecule has 1 aliphatic rings. The molecule has 15 heteroatoms. The minimum Gasteiger partial charge on any atom is -0.488 e. The number of hydrogen-bond donors (Lipinski definition) is 3. The van der Waals surface area contributed by atoms with Crippen molar-refractivity contribution in [2.45, 2.75) is 57.6 Å². The van der Waals surface area contributed by atoms with E-state index >= 15 is 0 Å². The summed E-state index contributed by atoms with van der Waals surface area (Å²) >= 11 is 0. The van der Waals surface area contributed by atoms with E-state index in [1.165, 1.54) is 35.0 Å². The highest BCUT2D eigenvalue weighted by Crippen LogP contribution is 2.31. The first-order valence-corrected chi connectivity index (χ1v) is 13.7. The number of anilines is 2. The van der Waals surface area contributed by atoms with Crippen LogP contribution in [0.3, 0.4) is 0 Å². The van der Waals surface area contributed by atoms with Gasteiger partial charge < -0.3 is 30.3 Å². The monoisotopic (exact) mass is 632 g/mol. The zero-order chi connectivity index (χ0) is 32.8. The quantitative estimate of drug-likeness (QED) is 0.342. The van der Waals surface area contributed by atoms with E-state index in [9.17, 15) is 45.8 Å². The minimum absolute atomic E-state index is 0.0153. The Hall–Kier alpha value is -4.01. The molecule has 4 amide bonds. The molecule has 3 rings (SSSR count). The standard InChI is InChI=1S/C29H34F6N4O5/c1-17-14-39(18(2)16-40)26(42)13-19-12-22(36-25(41)10-11-28(30,31)32)8-9-23(19)44-24(17)15-38(3)27(43)37-21-6-4-20(5-7-21)29(33,34)35/h4-9,12,17-18,24,40H,10-11,13-16H2,1-3H3,(H,36,41)(H,37,43)/t17-,18-,24+/m1/s1. The molecule has 2 aromatic carbocycles. The average molecular weight is 633 g/mol. The third-order valence-corrected chi connectivity index (χ3v) is 7.10. The number of fused-ring (bicyclic) bond motifs is 1. The Bertz CT molecular complexity index is 1320. The summed E-state index contributed by atoms with van der Waals surface area (Å²) in [6, 6.07) is 7.06. The molecule has 0 aliphatic carbocycles. The number of alkyl halides is 6. The van der Waals surface area contributed by atoms with Crippen LogP contribution >= 0.6 is 0 Å². The summed E-state index contributed by atoms with van der Waals surface area (Å²) in [6.07, 6.45) is -12.0. The zero-order valence-corrected chi connectivity index (χ0v) is 24.3. The third kappa shape index (κ3) is 9.76. The number of rotatable bonds is 8. The number of aliphatic hydroxyl groups is 1. The van der Waals surface area contributed by atoms with E-state index in [4.69, 9.17) is 4.74 Å². The van der Waals surface area contributed by atoms with Gasteiger partial charge in [0.1, 0.15) is 11.9 Å². The van der Waals surface area contributed by atoms with Gasteiger partial charge in [-0.05, 0) is 49.4 Å². The van der Waals surface area contributed by atoms with Crippen LogP contribution < -0.4 is 15.4 Å². The summed E-state index contributed by atoms with van der Waals surface area (Å²) in [4.78, 5) is 41.0. The molecule has 0 fully saturated rings. The summed E-state index contributed by atoms with van der Waals surface area (Å²) in [5.74, 6) is -1.36. The smallest absolute Gasteiger partial charge is 0.416 e. The van der Waals surface area contributed by atoms with Crippen molar-refractivity contribution in [3.05, 3.63) is 53.6 Å². The second-order valence-corrected chi connectivity index (χ2v) is 10.8. The Morgan fingerprint density at radius 3 is 2.30 bits per heavy atom. The first-order chi connectivity index (χ1) is 20.5. The molecule has 0 unspecified atom stereocenters. The molecule has 1 aliphatic heterocycles. The number of likely N-dealkylation sites (N-methyl/N-ethyl adjacent to an activating group) is 1. The number of nitrogens with zero attached hydrogens (tertiary/aromatic N) is 2. The number of hydrogen-bond acceptors (Lipinski definition) is 5. The fourth-order valence-electron chi connectivity index (χ4n) is 4.52. The van der Waals surface area contributed by atoms with Crippen molar-refractivity contribution >= 4 is 29.2 Å². The minimum atomic E-state index is -4.53. The molecule has 3 N–H and O–H groups in total. The Kier molecular flexibility index (Phi) is 11.1. The molecule has 0 spiro atoms. The molecule has 2 aromatic rings. The lowest BCUT2D eigenvalue weighted by Crippen LogP contribution is -2.48. The number of ether oxygens (including phenoxy) is 1. The SMILES string of the molecule is C[C@@H]1CN([C@H](C)CO)C(=O)Cc2cc(NC(=O)CCC(F)(F)F)ccc2O[C@H]1CN(C)C(=O)Nc1ccc(C(F)(F)F)cc1. The van der Waals surface area contributed by atoms with Crippen LogP contribution in [0.5, 0.6) is 5.75 Å². The van der Waals surface area contributed by atoms with Gasteiger partial charge >= 0.3 is 18.4 Å². The molecule has 242 valence electrons. The summed E-state index contributed by atoms with van der Waals surface area (Å²) < 4.78 is 82.5. The van der Waals surface area contributed by atoms with Gasteiger partial charge in [0.05, 0.1) is 37.6 Å². The molecule has 0 aromatic heterocycles. The maximum absolute atomic E-state index is 13.3. The molecular weight excluding hydrogens is 598 g/mol. The van der Waals surface area contributed by atoms with Crippen LogP contribution in [-0.2, 0) is 22.2 Å². The first-order valence-electron chi connectivity index (χ1n) is 13.7. The van der Waals surface area contributed by atoms with Crippen molar-refractivity contribution in [2.75, 3.05) is 37.4 Å². The van der Waals surface area contributed by atoms with E-state index in [-0.39, 0.29) is 55.1 Å². The van der Waals surface area contributed by atoms with Crippen LogP contribution in [0.1, 0.15) is 37.8 Å². The van der Waals surface area contributed by atoms with Gasteiger partial charge in [0.15, 0.2) is 0 Å². The number of urea groups is 1. The second kappa shape index (κ2) is 14.2. The van der Waals surface area contributed by atoms with E-state index in [1.54, 1.807) is 13.8 Å². The largest absolute Gasteiger partial charge is 0.488 e.